The fourth-order valence-electron chi connectivity index (χ4n) is 2.10. The van der Waals surface area contributed by atoms with Crippen LogP contribution in [0.25, 0.3) is 0 Å². The third-order valence-corrected chi connectivity index (χ3v) is 3.49. The van der Waals surface area contributed by atoms with Crippen LogP contribution >= 0.6 is 11.6 Å². The van der Waals surface area contributed by atoms with E-state index in [1.165, 1.54) is 18.2 Å². The average Bonchev–Trinajstić information content (AvgIpc) is 2.43. The Morgan fingerprint density at radius 3 is 2.40 bits per heavy atom. The normalized spacial score (nSPS) is 10.6. The molecule has 2 nitrogen and oxygen atoms in total. The number of Topliss-reactive ketones (excluding diaryl/α,β-unsaturated/α-hetero) is 1. The summed E-state index contributed by atoms with van der Waals surface area (Å²) in [7, 11) is 0. The molecule has 20 heavy (non-hydrogen) atoms. The van der Waals surface area contributed by atoms with Crippen LogP contribution in [0.3, 0.4) is 0 Å². The maximum Gasteiger partial charge on any atom is 0.141 e. The van der Waals surface area contributed by atoms with E-state index in [4.69, 9.17) is 17.3 Å². The molecule has 0 saturated carbocycles. The lowest BCUT2D eigenvalue weighted by atomic mass is 9.99. The molecule has 0 aliphatic heterocycles. The second-order valence-corrected chi connectivity index (χ2v) is 5.01. The van der Waals surface area contributed by atoms with E-state index in [0.717, 1.165) is 11.1 Å². The standard InChI is InChI=1S/C16H15ClFNO/c17-16-6-5-14(18)7-13(16)9-15(20)8-11-3-1-2-4-12(11)10-19/h1-7H,8-10,19H2. The first kappa shape index (κ1) is 14.7. The van der Waals surface area contributed by atoms with Crippen LogP contribution in [0, 0.1) is 5.82 Å². The summed E-state index contributed by atoms with van der Waals surface area (Å²) in [5.74, 6) is -0.405. The van der Waals surface area contributed by atoms with Crippen molar-refractivity contribution in [1.82, 2.24) is 0 Å². The molecular formula is C16H15ClFNO. The van der Waals surface area contributed by atoms with Crippen molar-refractivity contribution in [3.63, 3.8) is 0 Å². The summed E-state index contributed by atoms with van der Waals surface area (Å²) in [6.45, 7) is 0.393. The summed E-state index contributed by atoms with van der Waals surface area (Å²) in [5, 5.41) is 0.409. The Kier molecular flexibility index (Phi) is 4.88. The van der Waals surface area contributed by atoms with E-state index in [0.29, 0.717) is 17.1 Å². The predicted octanol–water partition coefficient (Wildman–Crippen LogP) is 3.29. The molecule has 0 bridgehead atoms. The maximum absolute atomic E-state index is 13.2. The lowest BCUT2D eigenvalue weighted by Gasteiger charge is -2.08. The van der Waals surface area contributed by atoms with Crippen LogP contribution in [0.15, 0.2) is 42.5 Å². The first-order chi connectivity index (χ1) is 9.60. The molecule has 0 saturated heterocycles. The first-order valence-corrected chi connectivity index (χ1v) is 6.70. The van der Waals surface area contributed by atoms with E-state index in [9.17, 15) is 9.18 Å². The number of carbonyl (C=O) groups excluding carboxylic acids is 1. The number of rotatable bonds is 5. The molecule has 0 aliphatic rings. The topological polar surface area (TPSA) is 43.1 Å². The second-order valence-electron chi connectivity index (χ2n) is 4.60. The van der Waals surface area contributed by atoms with Gasteiger partial charge in [0, 0.05) is 24.4 Å². The lowest BCUT2D eigenvalue weighted by Crippen LogP contribution is -2.10. The number of carbonyl (C=O) groups is 1. The van der Waals surface area contributed by atoms with Crippen molar-refractivity contribution < 1.29 is 9.18 Å². The van der Waals surface area contributed by atoms with Gasteiger partial charge < -0.3 is 5.73 Å². The molecule has 0 aliphatic carbocycles. The van der Waals surface area contributed by atoms with Crippen LogP contribution in [0.2, 0.25) is 5.02 Å². The fraction of sp³-hybridized carbons (Fsp3) is 0.188. The average molecular weight is 292 g/mol. The van der Waals surface area contributed by atoms with E-state index < -0.39 is 0 Å². The third kappa shape index (κ3) is 3.65. The highest BCUT2D eigenvalue weighted by atomic mass is 35.5. The highest BCUT2D eigenvalue weighted by Crippen LogP contribution is 2.19. The number of ketones is 1. The maximum atomic E-state index is 13.2. The summed E-state index contributed by atoms with van der Waals surface area (Å²) >= 11 is 5.96. The molecule has 0 fully saturated rings. The van der Waals surface area contributed by atoms with Crippen molar-refractivity contribution in [3.05, 3.63) is 70.0 Å². The number of benzene rings is 2. The summed E-state index contributed by atoms with van der Waals surface area (Å²) < 4.78 is 13.2. The largest absolute Gasteiger partial charge is 0.326 e. The minimum Gasteiger partial charge on any atom is -0.326 e. The monoisotopic (exact) mass is 291 g/mol. The zero-order valence-corrected chi connectivity index (χ0v) is 11.7. The minimum atomic E-state index is -0.389. The Hall–Kier alpha value is -1.71. The van der Waals surface area contributed by atoms with Crippen molar-refractivity contribution in [1.29, 1.82) is 0 Å². The molecule has 0 radical (unpaired) electrons. The van der Waals surface area contributed by atoms with E-state index in [-0.39, 0.29) is 24.4 Å². The minimum absolute atomic E-state index is 0.0154. The second kappa shape index (κ2) is 6.64. The summed E-state index contributed by atoms with van der Waals surface area (Å²) in [6.07, 6.45) is 0.399. The lowest BCUT2D eigenvalue weighted by molar-refractivity contribution is -0.117. The van der Waals surface area contributed by atoms with Gasteiger partial charge in [0.1, 0.15) is 11.6 Å². The molecule has 2 rings (SSSR count). The van der Waals surface area contributed by atoms with Crippen LogP contribution in [0.1, 0.15) is 16.7 Å². The predicted molar refractivity (Wildman–Crippen MR) is 78.2 cm³/mol. The molecule has 0 heterocycles. The highest BCUT2D eigenvalue weighted by molar-refractivity contribution is 6.31. The number of hydrogen-bond acceptors (Lipinski definition) is 2. The molecule has 2 aromatic rings. The first-order valence-electron chi connectivity index (χ1n) is 6.32. The van der Waals surface area contributed by atoms with E-state index in [1.54, 1.807) is 0 Å². The summed E-state index contributed by atoms with van der Waals surface area (Å²) in [4.78, 5) is 12.1. The van der Waals surface area contributed by atoms with Gasteiger partial charge in [-0.2, -0.15) is 0 Å². The van der Waals surface area contributed by atoms with Gasteiger partial charge in [-0.25, -0.2) is 4.39 Å². The molecule has 0 aromatic heterocycles. The van der Waals surface area contributed by atoms with Gasteiger partial charge in [-0.1, -0.05) is 35.9 Å². The Bertz CT molecular complexity index is 628. The molecule has 4 heteroatoms. The quantitative estimate of drug-likeness (QED) is 0.918. The van der Waals surface area contributed by atoms with Gasteiger partial charge in [-0.3, -0.25) is 4.79 Å². The van der Waals surface area contributed by atoms with Crippen LogP contribution in [-0.4, -0.2) is 5.78 Å². The van der Waals surface area contributed by atoms with Crippen molar-refractivity contribution in [3.8, 4) is 0 Å². The summed E-state index contributed by atoms with van der Waals surface area (Å²) in [5.41, 5.74) is 8.02. The molecule has 0 spiro atoms. The summed E-state index contributed by atoms with van der Waals surface area (Å²) in [6, 6.07) is 11.6. The van der Waals surface area contributed by atoms with Gasteiger partial charge in [-0.15, -0.1) is 0 Å². The van der Waals surface area contributed by atoms with Gasteiger partial charge in [0.15, 0.2) is 0 Å². The Balaban J connectivity index is 2.11. The fourth-order valence-corrected chi connectivity index (χ4v) is 2.28. The van der Waals surface area contributed by atoms with Crippen molar-refractivity contribution in [2.24, 2.45) is 5.73 Å². The van der Waals surface area contributed by atoms with Crippen LogP contribution < -0.4 is 5.73 Å². The Morgan fingerprint density at radius 1 is 1.05 bits per heavy atom. The van der Waals surface area contributed by atoms with Crippen LogP contribution in [0.5, 0.6) is 0 Å². The van der Waals surface area contributed by atoms with E-state index in [1.807, 2.05) is 24.3 Å². The molecule has 104 valence electrons. The van der Waals surface area contributed by atoms with Crippen LogP contribution in [0.4, 0.5) is 4.39 Å². The highest BCUT2D eigenvalue weighted by Gasteiger charge is 2.11. The van der Waals surface area contributed by atoms with E-state index >= 15 is 0 Å². The Labute approximate surface area is 122 Å². The van der Waals surface area contributed by atoms with Gasteiger partial charge in [0.2, 0.25) is 0 Å². The van der Waals surface area contributed by atoms with Gasteiger partial charge in [0.05, 0.1) is 0 Å². The number of hydrogen-bond donors (Lipinski definition) is 1. The van der Waals surface area contributed by atoms with Crippen LogP contribution in [-0.2, 0) is 24.2 Å². The Morgan fingerprint density at radius 2 is 1.70 bits per heavy atom. The number of nitrogens with two attached hydrogens (primary N) is 1. The van der Waals surface area contributed by atoms with Gasteiger partial charge in [-0.05, 0) is 34.9 Å². The smallest absolute Gasteiger partial charge is 0.141 e. The zero-order chi connectivity index (χ0) is 14.5. The molecular weight excluding hydrogens is 277 g/mol. The molecule has 0 atom stereocenters. The van der Waals surface area contributed by atoms with Crippen molar-refractivity contribution in [2.75, 3.05) is 0 Å². The molecule has 0 amide bonds. The molecule has 0 unspecified atom stereocenters. The third-order valence-electron chi connectivity index (χ3n) is 3.12. The van der Waals surface area contributed by atoms with E-state index in [2.05, 4.69) is 0 Å². The molecule has 2 aromatic carbocycles. The van der Waals surface area contributed by atoms with Crippen molar-refractivity contribution >= 4 is 17.4 Å². The zero-order valence-electron chi connectivity index (χ0n) is 10.9. The van der Waals surface area contributed by atoms with Gasteiger partial charge in [0.25, 0.3) is 0 Å². The van der Waals surface area contributed by atoms with Crippen molar-refractivity contribution in [2.45, 2.75) is 19.4 Å². The number of halogens is 2. The van der Waals surface area contributed by atoms with Gasteiger partial charge >= 0.3 is 0 Å². The molecule has 2 N–H and O–H groups in total. The SMILES string of the molecule is NCc1ccccc1CC(=O)Cc1cc(F)ccc1Cl.